The third-order valence-corrected chi connectivity index (χ3v) is 4.60. The van der Waals surface area contributed by atoms with Crippen molar-refractivity contribution in [3.8, 4) is 0 Å². The molecule has 152 valence electrons. The molecule has 29 heavy (non-hydrogen) atoms. The van der Waals surface area contributed by atoms with Gasteiger partial charge in [0.15, 0.2) is 10.2 Å². The maximum atomic E-state index is 5.26. The summed E-state index contributed by atoms with van der Waals surface area (Å²) in [7, 11) is 0. The highest BCUT2D eigenvalue weighted by Gasteiger charge is 2.16. The Morgan fingerprint density at radius 3 is 1.66 bits per heavy atom. The Bertz CT molecular complexity index is 882. The third-order valence-electron chi connectivity index (χ3n) is 3.60. The molecule has 0 atom stereocenters. The predicted octanol–water partition coefficient (Wildman–Crippen LogP) is 3.53. The van der Waals surface area contributed by atoms with Gasteiger partial charge in [-0.25, -0.2) is 0 Å². The van der Waals surface area contributed by atoms with Crippen LogP contribution in [-0.4, -0.2) is 34.7 Å². The Labute approximate surface area is 190 Å². The van der Waals surface area contributed by atoms with Crippen LogP contribution in [0.25, 0.3) is 0 Å². The zero-order valence-corrected chi connectivity index (χ0v) is 19.4. The summed E-state index contributed by atoms with van der Waals surface area (Å²) in [6.07, 6.45) is 0. The molecule has 2 aromatic rings. The quantitative estimate of drug-likeness (QED) is 0.270. The summed E-state index contributed by atoms with van der Waals surface area (Å²) in [5.41, 5.74) is 8.80. The van der Waals surface area contributed by atoms with E-state index in [2.05, 4.69) is 47.6 Å². The molecule has 0 aliphatic rings. The number of rotatable bonds is 7. The van der Waals surface area contributed by atoms with Crippen LogP contribution in [0, 0.1) is 0 Å². The van der Waals surface area contributed by atoms with Crippen LogP contribution in [0.5, 0.6) is 0 Å². The van der Waals surface area contributed by atoms with Crippen LogP contribution in [0.1, 0.15) is 25.0 Å². The molecular weight excluding hydrogens is 468 g/mol. The highest BCUT2D eigenvalue weighted by Crippen LogP contribution is 2.14. The molecular formula is C20H23BrN6S2. The SMILES string of the molecule is CCNC(=S)NN=C(C(=NNC(=S)NCC)c1ccc(Br)cc1)c1ccccc1. The van der Waals surface area contributed by atoms with Crippen molar-refractivity contribution in [3.63, 3.8) is 0 Å². The highest BCUT2D eigenvalue weighted by molar-refractivity contribution is 9.10. The Kier molecular flexibility index (Phi) is 9.69. The van der Waals surface area contributed by atoms with E-state index in [1.807, 2.05) is 68.4 Å². The van der Waals surface area contributed by atoms with Gasteiger partial charge in [-0.3, -0.25) is 10.9 Å². The summed E-state index contributed by atoms with van der Waals surface area (Å²) in [4.78, 5) is 0. The van der Waals surface area contributed by atoms with Crippen LogP contribution >= 0.6 is 40.4 Å². The number of halogens is 1. The molecule has 0 saturated carbocycles. The van der Waals surface area contributed by atoms with Gasteiger partial charge in [-0.2, -0.15) is 10.2 Å². The topological polar surface area (TPSA) is 72.8 Å². The van der Waals surface area contributed by atoms with Crippen LogP contribution in [0.15, 0.2) is 69.3 Å². The summed E-state index contributed by atoms with van der Waals surface area (Å²) >= 11 is 14.0. The smallest absolute Gasteiger partial charge is 0.186 e. The summed E-state index contributed by atoms with van der Waals surface area (Å²) in [5, 5.41) is 16.0. The first-order chi connectivity index (χ1) is 14.0. The minimum atomic E-state index is 0.436. The van der Waals surface area contributed by atoms with Gasteiger partial charge in [-0.1, -0.05) is 58.4 Å². The molecule has 0 fully saturated rings. The van der Waals surface area contributed by atoms with E-state index in [4.69, 9.17) is 24.4 Å². The van der Waals surface area contributed by atoms with Gasteiger partial charge in [0, 0.05) is 28.7 Å². The molecule has 0 unspecified atom stereocenters. The highest BCUT2D eigenvalue weighted by atomic mass is 79.9. The Hall–Kier alpha value is -2.36. The van der Waals surface area contributed by atoms with E-state index in [1.54, 1.807) is 0 Å². The number of nitrogens with zero attached hydrogens (tertiary/aromatic N) is 2. The summed E-state index contributed by atoms with van der Waals surface area (Å²) in [6, 6.07) is 17.6. The molecule has 4 N–H and O–H groups in total. The number of hydrogen-bond acceptors (Lipinski definition) is 4. The van der Waals surface area contributed by atoms with Gasteiger partial charge in [-0.05, 0) is 50.4 Å². The van der Waals surface area contributed by atoms with Gasteiger partial charge < -0.3 is 10.6 Å². The molecule has 2 aromatic carbocycles. The minimum Gasteiger partial charge on any atom is -0.362 e. The molecule has 9 heteroatoms. The molecule has 0 saturated heterocycles. The standard InChI is InChI=1S/C20H23BrN6S2/c1-3-22-19(28)26-24-17(14-8-6-5-7-9-14)18(25-27-20(29)23-4-2)15-10-12-16(21)13-11-15/h5-13H,3-4H2,1-2H3,(H2,22,26,28)(H2,23,27,29). The molecule has 0 amide bonds. The van der Waals surface area contributed by atoms with Gasteiger partial charge >= 0.3 is 0 Å². The Morgan fingerprint density at radius 1 is 0.759 bits per heavy atom. The van der Waals surface area contributed by atoms with Crippen molar-refractivity contribution in [2.45, 2.75) is 13.8 Å². The van der Waals surface area contributed by atoms with Gasteiger partial charge in [0.1, 0.15) is 11.4 Å². The largest absolute Gasteiger partial charge is 0.362 e. The normalized spacial score (nSPS) is 11.6. The van der Waals surface area contributed by atoms with E-state index >= 15 is 0 Å². The van der Waals surface area contributed by atoms with Crippen molar-refractivity contribution in [3.05, 3.63) is 70.2 Å². The van der Waals surface area contributed by atoms with Crippen molar-refractivity contribution in [2.75, 3.05) is 13.1 Å². The predicted molar refractivity (Wildman–Crippen MR) is 132 cm³/mol. The fourth-order valence-electron chi connectivity index (χ4n) is 2.33. The van der Waals surface area contributed by atoms with E-state index in [-0.39, 0.29) is 0 Å². The summed E-state index contributed by atoms with van der Waals surface area (Å²) < 4.78 is 0.973. The van der Waals surface area contributed by atoms with Gasteiger partial charge in [0.05, 0.1) is 0 Å². The zero-order chi connectivity index (χ0) is 21.1. The number of nitrogens with one attached hydrogen (secondary N) is 4. The van der Waals surface area contributed by atoms with Crippen LogP contribution in [0.3, 0.4) is 0 Å². The summed E-state index contributed by atoms with van der Waals surface area (Å²) in [5.74, 6) is 0. The number of hydrogen-bond donors (Lipinski definition) is 4. The number of hydrazone groups is 2. The molecule has 2 rings (SSSR count). The first-order valence-electron chi connectivity index (χ1n) is 9.10. The molecule has 0 radical (unpaired) electrons. The molecule has 0 bridgehead atoms. The fraction of sp³-hybridized carbons (Fsp3) is 0.200. The summed E-state index contributed by atoms with van der Waals surface area (Å²) in [6.45, 7) is 5.34. The van der Waals surface area contributed by atoms with Gasteiger partial charge in [-0.15, -0.1) is 0 Å². The molecule has 0 aromatic heterocycles. The van der Waals surface area contributed by atoms with Gasteiger partial charge in [0.25, 0.3) is 0 Å². The second-order valence-electron chi connectivity index (χ2n) is 5.74. The lowest BCUT2D eigenvalue weighted by atomic mass is 10.00. The van der Waals surface area contributed by atoms with Crippen molar-refractivity contribution in [1.29, 1.82) is 0 Å². The number of benzene rings is 2. The van der Waals surface area contributed by atoms with E-state index < -0.39 is 0 Å². The van der Waals surface area contributed by atoms with E-state index in [0.717, 1.165) is 15.6 Å². The van der Waals surface area contributed by atoms with Crippen molar-refractivity contribution < 1.29 is 0 Å². The molecule has 6 nitrogen and oxygen atoms in total. The maximum absolute atomic E-state index is 5.26. The zero-order valence-electron chi connectivity index (χ0n) is 16.2. The van der Waals surface area contributed by atoms with E-state index in [1.165, 1.54) is 0 Å². The van der Waals surface area contributed by atoms with Crippen molar-refractivity contribution >= 4 is 62.0 Å². The third kappa shape index (κ3) is 7.52. The molecule has 0 spiro atoms. The first-order valence-corrected chi connectivity index (χ1v) is 10.7. The molecule has 0 aliphatic heterocycles. The lowest BCUT2D eigenvalue weighted by molar-refractivity contribution is 0.897. The second kappa shape index (κ2) is 12.3. The molecule has 0 heterocycles. The Morgan fingerprint density at radius 2 is 1.21 bits per heavy atom. The number of thiocarbonyl (C=S) groups is 2. The molecule has 0 aliphatic carbocycles. The average Bonchev–Trinajstić information content (AvgIpc) is 2.72. The minimum absolute atomic E-state index is 0.436. The van der Waals surface area contributed by atoms with Crippen LogP contribution in [0.4, 0.5) is 0 Å². The first kappa shape index (κ1) is 22.9. The van der Waals surface area contributed by atoms with Crippen LogP contribution in [-0.2, 0) is 0 Å². The van der Waals surface area contributed by atoms with Crippen molar-refractivity contribution in [1.82, 2.24) is 21.5 Å². The average molecular weight is 491 g/mol. The lowest BCUT2D eigenvalue weighted by Crippen LogP contribution is -2.35. The monoisotopic (exact) mass is 490 g/mol. The second-order valence-corrected chi connectivity index (χ2v) is 7.47. The van der Waals surface area contributed by atoms with Crippen LogP contribution < -0.4 is 21.5 Å². The van der Waals surface area contributed by atoms with Gasteiger partial charge in [0.2, 0.25) is 0 Å². The maximum Gasteiger partial charge on any atom is 0.186 e. The lowest BCUT2D eigenvalue weighted by Gasteiger charge is -2.13. The Balaban J connectivity index is 2.51. The van der Waals surface area contributed by atoms with E-state index in [9.17, 15) is 0 Å². The van der Waals surface area contributed by atoms with Crippen LogP contribution in [0.2, 0.25) is 0 Å². The fourth-order valence-corrected chi connectivity index (χ4v) is 2.97. The van der Waals surface area contributed by atoms with E-state index in [0.29, 0.717) is 34.7 Å². The van der Waals surface area contributed by atoms with Crippen molar-refractivity contribution in [2.24, 2.45) is 10.2 Å².